The number of imidazole rings is 1. The first-order chi connectivity index (χ1) is 15.3. The lowest BCUT2D eigenvalue weighted by Crippen LogP contribution is -2.46. The third-order valence-electron chi connectivity index (χ3n) is 6.61. The van der Waals surface area contributed by atoms with Crippen molar-refractivity contribution in [3.8, 4) is 5.75 Å². The average molecular weight is 455 g/mol. The van der Waals surface area contributed by atoms with Crippen molar-refractivity contribution in [2.45, 2.75) is 59.2 Å². The maximum absolute atomic E-state index is 10.4. The molecule has 1 unspecified atom stereocenters. The Hall–Kier alpha value is -2.68. The molecule has 3 aromatic rings. The fraction of sp³-hybridized carbons (Fsp3) is 0.520. The molecule has 1 aliphatic heterocycles. The van der Waals surface area contributed by atoms with Gasteiger partial charge in [-0.2, -0.15) is 0 Å². The summed E-state index contributed by atoms with van der Waals surface area (Å²) in [7, 11) is 0. The molecule has 1 aromatic carbocycles. The highest BCUT2D eigenvalue weighted by atomic mass is 16.3. The molecule has 8 nitrogen and oxygen atoms in total. The number of rotatable bonds is 7. The molecule has 0 spiro atoms. The molecule has 1 fully saturated rings. The highest BCUT2D eigenvalue weighted by Crippen LogP contribution is 2.27. The van der Waals surface area contributed by atoms with Crippen LogP contribution in [0.25, 0.3) is 11.0 Å². The lowest BCUT2D eigenvalue weighted by Gasteiger charge is -2.34. The minimum absolute atomic E-state index is 0. The number of benzene rings is 1. The van der Waals surface area contributed by atoms with Crippen LogP contribution in [0.2, 0.25) is 0 Å². The van der Waals surface area contributed by atoms with Gasteiger partial charge >= 0.3 is 0 Å². The molecule has 1 atom stereocenters. The fourth-order valence-corrected chi connectivity index (χ4v) is 4.45. The maximum atomic E-state index is 10.4. The normalized spacial score (nSPS) is 16.2. The van der Waals surface area contributed by atoms with Gasteiger partial charge in [0.1, 0.15) is 11.4 Å². The second-order valence-corrected chi connectivity index (χ2v) is 9.51. The number of anilines is 1. The molecule has 3 heterocycles. The number of nitrogens with one attached hydrogen (secondary N) is 1. The van der Waals surface area contributed by atoms with Crippen molar-refractivity contribution in [2.24, 2.45) is 11.7 Å². The zero-order valence-corrected chi connectivity index (χ0v) is 20.2. The van der Waals surface area contributed by atoms with E-state index in [0.29, 0.717) is 24.2 Å². The van der Waals surface area contributed by atoms with E-state index < -0.39 is 0 Å². The minimum Gasteiger partial charge on any atom is -0.506 e. The Morgan fingerprint density at radius 3 is 2.55 bits per heavy atom. The van der Waals surface area contributed by atoms with E-state index in [4.69, 9.17) is 10.7 Å². The van der Waals surface area contributed by atoms with E-state index in [2.05, 4.69) is 46.6 Å². The Morgan fingerprint density at radius 2 is 1.85 bits per heavy atom. The van der Waals surface area contributed by atoms with Crippen LogP contribution in [0.4, 0.5) is 5.95 Å². The van der Waals surface area contributed by atoms with E-state index in [1.807, 2.05) is 25.1 Å². The number of fused-ring (bicyclic) bond motifs is 1. The van der Waals surface area contributed by atoms with Crippen LogP contribution in [-0.2, 0) is 6.54 Å². The Kier molecular flexibility index (Phi) is 7.94. The van der Waals surface area contributed by atoms with Crippen LogP contribution in [0.15, 0.2) is 30.3 Å². The largest absolute Gasteiger partial charge is 0.506 e. The molecule has 0 saturated carbocycles. The smallest absolute Gasteiger partial charge is 0.204 e. The number of likely N-dealkylation sites (tertiary alicyclic amines) is 1. The molecule has 2 aromatic heterocycles. The zero-order chi connectivity index (χ0) is 22.8. The summed E-state index contributed by atoms with van der Waals surface area (Å²) in [4.78, 5) is 12.0. The van der Waals surface area contributed by atoms with Gasteiger partial charge in [-0.05, 0) is 56.4 Å². The lowest BCUT2D eigenvalue weighted by molar-refractivity contribution is 0.194. The van der Waals surface area contributed by atoms with Crippen molar-refractivity contribution < 1.29 is 10.6 Å². The molecular weight excluding hydrogens is 416 g/mol. The number of aryl methyl sites for hydroxylation is 2. The van der Waals surface area contributed by atoms with Gasteiger partial charge < -0.3 is 31.1 Å². The first-order valence-electron chi connectivity index (χ1n) is 11.7. The quantitative estimate of drug-likeness (QED) is 0.504. The van der Waals surface area contributed by atoms with E-state index >= 15 is 0 Å². The predicted octanol–water partition coefficient (Wildman–Crippen LogP) is 2.84. The number of hydrogen-bond donors (Lipinski definition) is 3. The van der Waals surface area contributed by atoms with Crippen LogP contribution in [0.5, 0.6) is 5.75 Å². The zero-order valence-electron chi connectivity index (χ0n) is 20.2. The van der Waals surface area contributed by atoms with Crippen LogP contribution in [0, 0.1) is 19.8 Å². The van der Waals surface area contributed by atoms with Gasteiger partial charge in [-0.3, -0.25) is 4.98 Å². The van der Waals surface area contributed by atoms with Gasteiger partial charge in [-0.15, -0.1) is 0 Å². The van der Waals surface area contributed by atoms with Crippen LogP contribution >= 0.6 is 0 Å². The topological polar surface area (TPSA) is 124 Å². The maximum Gasteiger partial charge on any atom is 0.204 e. The Labute approximate surface area is 196 Å². The number of pyridine rings is 1. The van der Waals surface area contributed by atoms with Gasteiger partial charge in [0.25, 0.3) is 0 Å². The van der Waals surface area contributed by atoms with Gasteiger partial charge in [-0.1, -0.05) is 26.0 Å². The Morgan fingerprint density at radius 1 is 1.12 bits per heavy atom. The molecule has 1 saturated heterocycles. The number of hydrogen-bond acceptors (Lipinski definition) is 6. The molecular formula is C25H38N6O2. The summed E-state index contributed by atoms with van der Waals surface area (Å²) in [6, 6.07) is 10.3. The summed E-state index contributed by atoms with van der Waals surface area (Å²) >= 11 is 0. The Balaban J connectivity index is 0.00000306. The van der Waals surface area contributed by atoms with Crippen LogP contribution in [-0.4, -0.2) is 61.7 Å². The molecule has 180 valence electrons. The van der Waals surface area contributed by atoms with E-state index in [-0.39, 0.29) is 17.3 Å². The summed E-state index contributed by atoms with van der Waals surface area (Å²) in [6.07, 6.45) is 2.11. The minimum atomic E-state index is 0. The summed E-state index contributed by atoms with van der Waals surface area (Å²) in [5, 5.41) is 14.1. The molecule has 33 heavy (non-hydrogen) atoms. The predicted molar refractivity (Wildman–Crippen MR) is 134 cm³/mol. The molecule has 6 N–H and O–H groups in total. The first-order valence-corrected chi connectivity index (χ1v) is 11.7. The Bertz CT molecular complexity index is 1070. The van der Waals surface area contributed by atoms with Crippen molar-refractivity contribution >= 4 is 17.0 Å². The van der Waals surface area contributed by atoms with E-state index in [1.54, 1.807) is 6.07 Å². The number of para-hydroxylation sites is 1. The molecule has 0 bridgehead atoms. The van der Waals surface area contributed by atoms with Crippen molar-refractivity contribution in [1.29, 1.82) is 0 Å². The van der Waals surface area contributed by atoms with Crippen LogP contribution in [0.3, 0.4) is 0 Å². The van der Waals surface area contributed by atoms with E-state index in [0.717, 1.165) is 60.7 Å². The van der Waals surface area contributed by atoms with Crippen molar-refractivity contribution in [3.05, 3.63) is 47.3 Å². The van der Waals surface area contributed by atoms with Gasteiger partial charge in [-0.25, -0.2) is 4.98 Å². The second kappa shape index (κ2) is 10.5. The van der Waals surface area contributed by atoms with Gasteiger partial charge in [0.2, 0.25) is 5.95 Å². The van der Waals surface area contributed by atoms with Gasteiger partial charge in [0.15, 0.2) is 0 Å². The molecule has 0 radical (unpaired) electrons. The van der Waals surface area contributed by atoms with E-state index in [9.17, 15) is 5.11 Å². The van der Waals surface area contributed by atoms with E-state index in [1.165, 1.54) is 0 Å². The standard InChI is InChI=1S/C25H36N6O.H2O/c1-16(2)20(26)14-30-12-10-19(11-13-30)28-25-29-21-7-5-6-17(3)24(21)31(25)15-22-23(32)9-8-18(4)27-22;/h5-9,16,19-20,32H,10-15,26H2,1-4H3,(H,28,29);1H2. The third-order valence-corrected chi connectivity index (χ3v) is 6.61. The van der Waals surface area contributed by atoms with Crippen LogP contribution in [0.1, 0.15) is 43.6 Å². The molecule has 8 heteroatoms. The molecule has 1 aliphatic rings. The first kappa shape index (κ1) is 25.0. The summed E-state index contributed by atoms with van der Waals surface area (Å²) < 4.78 is 2.16. The third kappa shape index (κ3) is 5.63. The average Bonchev–Trinajstić information content (AvgIpc) is 3.10. The SMILES string of the molecule is Cc1ccc(O)c(Cn2c(NC3CCN(CC(N)C(C)C)CC3)nc3cccc(C)c32)n1.O. The summed E-state index contributed by atoms with van der Waals surface area (Å²) in [5.74, 6) is 1.56. The molecule has 4 rings (SSSR count). The monoisotopic (exact) mass is 454 g/mol. The highest BCUT2D eigenvalue weighted by Gasteiger charge is 2.24. The lowest BCUT2D eigenvalue weighted by atomic mass is 10.0. The highest BCUT2D eigenvalue weighted by molar-refractivity contribution is 5.82. The number of aromatic nitrogens is 3. The van der Waals surface area contributed by atoms with Crippen molar-refractivity contribution in [2.75, 3.05) is 25.0 Å². The number of piperidine rings is 1. The summed E-state index contributed by atoms with van der Waals surface area (Å²) in [6.45, 7) is 11.9. The van der Waals surface area contributed by atoms with Crippen molar-refractivity contribution in [1.82, 2.24) is 19.4 Å². The van der Waals surface area contributed by atoms with Crippen molar-refractivity contribution in [3.63, 3.8) is 0 Å². The van der Waals surface area contributed by atoms with Gasteiger partial charge in [0, 0.05) is 37.4 Å². The van der Waals surface area contributed by atoms with Crippen LogP contribution < -0.4 is 11.1 Å². The molecule has 0 amide bonds. The van der Waals surface area contributed by atoms with Gasteiger partial charge in [0.05, 0.1) is 17.6 Å². The molecule has 0 aliphatic carbocycles. The fourth-order valence-electron chi connectivity index (χ4n) is 4.45. The summed E-state index contributed by atoms with van der Waals surface area (Å²) in [5.41, 5.74) is 11.0. The number of nitrogens with zero attached hydrogens (tertiary/aromatic N) is 4. The number of nitrogens with two attached hydrogens (primary N) is 1. The number of aromatic hydroxyl groups is 1. The second-order valence-electron chi connectivity index (χ2n) is 9.51.